The van der Waals surface area contributed by atoms with Crippen molar-refractivity contribution in [3.05, 3.63) is 46.1 Å². The zero-order valence-corrected chi connectivity index (χ0v) is 18.4. The number of aryl methyl sites for hydroxylation is 2. The van der Waals surface area contributed by atoms with Crippen molar-refractivity contribution in [1.29, 1.82) is 0 Å². The third kappa shape index (κ3) is 6.07. The molecule has 0 saturated heterocycles. The van der Waals surface area contributed by atoms with Gasteiger partial charge in [-0.2, -0.15) is 23.4 Å². The molecular weight excluding hydrogens is 489 g/mol. The molecule has 3 aromatic rings. The van der Waals surface area contributed by atoms with Crippen LogP contribution in [0.2, 0.25) is 5.15 Å². The molecule has 0 aliphatic heterocycles. The van der Waals surface area contributed by atoms with Gasteiger partial charge in [-0.05, 0) is 25.5 Å². The summed E-state index contributed by atoms with van der Waals surface area (Å²) >= 11 is 5.77. The molecule has 0 aromatic carbocycles. The van der Waals surface area contributed by atoms with Gasteiger partial charge in [-0.3, -0.25) is 5.10 Å². The Morgan fingerprint density at radius 1 is 1.24 bits per heavy atom. The lowest BCUT2D eigenvalue weighted by Crippen LogP contribution is -2.28. The number of halogens is 6. The number of anilines is 1. The molecule has 0 spiro atoms. The van der Waals surface area contributed by atoms with Gasteiger partial charge >= 0.3 is 12.2 Å². The summed E-state index contributed by atoms with van der Waals surface area (Å²) in [5, 5.41) is 18.2. The van der Waals surface area contributed by atoms with E-state index >= 15 is 0 Å². The highest BCUT2D eigenvalue weighted by atomic mass is 35.5. The van der Waals surface area contributed by atoms with Crippen molar-refractivity contribution in [3.8, 4) is 17.0 Å². The highest BCUT2D eigenvalue weighted by Gasteiger charge is 2.38. The van der Waals surface area contributed by atoms with Crippen LogP contribution in [0.15, 0.2) is 18.3 Å². The molecule has 15 heteroatoms. The molecule has 3 heterocycles. The second kappa shape index (κ2) is 10.2. The molecular formula is C19H17ClF5N7O2. The summed E-state index contributed by atoms with van der Waals surface area (Å²) in [6.07, 6.45) is -6.20. The summed E-state index contributed by atoms with van der Waals surface area (Å²) in [6.45, 7) is 1.99. The molecule has 0 atom stereocenters. The Hall–Kier alpha value is -3.55. The molecule has 182 valence electrons. The molecule has 0 aliphatic carbocycles. The molecule has 0 fully saturated rings. The summed E-state index contributed by atoms with van der Waals surface area (Å²) < 4.78 is 69.2. The summed E-state index contributed by atoms with van der Waals surface area (Å²) in [4.78, 5) is 15.9. The Balaban J connectivity index is 1.66. The van der Waals surface area contributed by atoms with Crippen LogP contribution in [-0.4, -0.2) is 44.4 Å². The molecule has 0 aliphatic rings. The number of rotatable bonds is 7. The van der Waals surface area contributed by atoms with Crippen molar-refractivity contribution in [1.82, 2.24) is 30.7 Å². The summed E-state index contributed by atoms with van der Waals surface area (Å²) in [7, 11) is 0. The van der Waals surface area contributed by atoms with E-state index in [1.165, 1.54) is 25.3 Å². The third-order valence-electron chi connectivity index (χ3n) is 4.35. The van der Waals surface area contributed by atoms with Crippen LogP contribution in [0.4, 0.5) is 32.4 Å². The van der Waals surface area contributed by atoms with Gasteiger partial charge in [-0.25, -0.2) is 18.6 Å². The Labute approximate surface area is 194 Å². The maximum Gasteiger partial charge on any atom is 0.435 e. The summed E-state index contributed by atoms with van der Waals surface area (Å²) in [6, 6.07) is 2.01. The smallest absolute Gasteiger partial charge is 0.435 e. The molecule has 3 N–H and O–H groups in total. The fourth-order valence-corrected chi connectivity index (χ4v) is 3.05. The van der Waals surface area contributed by atoms with Crippen LogP contribution >= 0.6 is 11.6 Å². The van der Waals surface area contributed by atoms with E-state index < -0.39 is 30.9 Å². The van der Waals surface area contributed by atoms with E-state index in [4.69, 9.17) is 16.3 Å². The Bertz CT molecular complexity index is 1190. The summed E-state index contributed by atoms with van der Waals surface area (Å²) in [5.74, 6) is -0.135. The van der Waals surface area contributed by atoms with E-state index in [2.05, 4.69) is 36.0 Å². The minimum atomic E-state index is -4.67. The standard InChI is InChI=1S/C19H17ClF5N7O2/c1-8-3-11(30-31-15(8)14-9(2)29-32-16(14)19(23,24)25)6-27-18(33)28-10-4-12(17(20)26-5-10)34-7-13(21)22/h3-5,13H,6-7H2,1-2H3,(H,29,32)(H2,27,28,33). The number of H-pyrrole nitrogens is 1. The van der Waals surface area contributed by atoms with Gasteiger partial charge in [0.2, 0.25) is 0 Å². The second-order valence-corrected chi connectivity index (χ2v) is 7.32. The number of carbonyl (C=O) groups is 1. The normalized spacial score (nSPS) is 11.6. The van der Waals surface area contributed by atoms with Crippen LogP contribution in [0.25, 0.3) is 11.3 Å². The number of aromatic amines is 1. The average Bonchev–Trinajstić information content (AvgIpc) is 3.14. The SMILES string of the molecule is Cc1cc(CNC(=O)Nc2cnc(Cl)c(OCC(F)F)c2)nnc1-c1c(C(F)(F)F)n[nH]c1C. The first kappa shape index (κ1) is 25.1. The number of aromatic nitrogens is 5. The van der Waals surface area contributed by atoms with Crippen molar-refractivity contribution in [2.75, 3.05) is 11.9 Å². The van der Waals surface area contributed by atoms with Gasteiger partial charge in [0.1, 0.15) is 6.61 Å². The Morgan fingerprint density at radius 2 is 1.97 bits per heavy atom. The van der Waals surface area contributed by atoms with E-state index in [1.54, 1.807) is 6.92 Å². The first-order valence-electron chi connectivity index (χ1n) is 9.52. The van der Waals surface area contributed by atoms with Crippen molar-refractivity contribution in [2.24, 2.45) is 0 Å². The zero-order chi connectivity index (χ0) is 25.0. The number of hydrogen-bond acceptors (Lipinski definition) is 6. The number of carbonyl (C=O) groups excluding carboxylic acids is 1. The van der Waals surface area contributed by atoms with Gasteiger partial charge in [0.05, 0.1) is 35.4 Å². The van der Waals surface area contributed by atoms with Crippen molar-refractivity contribution >= 4 is 23.3 Å². The predicted molar refractivity (Wildman–Crippen MR) is 111 cm³/mol. The van der Waals surface area contributed by atoms with Gasteiger partial charge < -0.3 is 15.4 Å². The third-order valence-corrected chi connectivity index (χ3v) is 4.63. The molecule has 9 nitrogen and oxygen atoms in total. The second-order valence-electron chi connectivity index (χ2n) is 6.96. The predicted octanol–water partition coefficient (Wildman–Crippen LogP) is 4.52. The number of pyridine rings is 1. The van der Waals surface area contributed by atoms with E-state index in [9.17, 15) is 26.7 Å². The van der Waals surface area contributed by atoms with E-state index in [-0.39, 0.29) is 45.8 Å². The van der Waals surface area contributed by atoms with Crippen LogP contribution in [0.3, 0.4) is 0 Å². The van der Waals surface area contributed by atoms with Crippen LogP contribution < -0.4 is 15.4 Å². The molecule has 0 radical (unpaired) electrons. The van der Waals surface area contributed by atoms with Gasteiger partial charge in [-0.15, -0.1) is 5.10 Å². The molecule has 0 bridgehead atoms. The first-order valence-corrected chi connectivity index (χ1v) is 9.90. The van der Waals surface area contributed by atoms with Crippen LogP contribution in [0.1, 0.15) is 22.6 Å². The molecule has 2 amide bonds. The van der Waals surface area contributed by atoms with E-state index in [0.29, 0.717) is 5.56 Å². The minimum absolute atomic E-state index is 0.00958. The van der Waals surface area contributed by atoms with E-state index in [0.717, 1.165) is 0 Å². The maximum atomic E-state index is 13.2. The van der Waals surface area contributed by atoms with Crippen LogP contribution in [0, 0.1) is 13.8 Å². The molecule has 3 rings (SSSR count). The van der Waals surface area contributed by atoms with Gasteiger partial charge in [0.25, 0.3) is 6.43 Å². The lowest BCUT2D eigenvalue weighted by Gasteiger charge is -2.11. The fourth-order valence-electron chi connectivity index (χ4n) is 2.89. The number of amides is 2. The molecule has 34 heavy (non-hydrogen) atoms. The molecule has 0 saturated carbocycles. The highest BCUT2D eigenvalue weighted by molar-refractivity contribution is 6.30. The van der Waals surface area contributed by atoms with Crippen LogP contribution in [-0.2, 0) is 12.7 Å². The monoisotopic (exact) mass is 505 g/mol. The number of urea groups is 1. The first-order chi connectivity index (χ1) is 16.0. The lowest BCUT2D eigenvalue weighted by molar-refractivity contribution is -0.140. The number of nitrogens with zero attached hydrogens (tertiary/aromatic N) is 4. The van der Waals surface area contributed by atoms with Crippen molar-refractivity contribution < 1.29 is 31.5 Å². The zero-order valence-electron chi connectivity index (χ0n) is 17.6. The van der Waals surface area contributed by atoms with Gasteiger partial charge in [-0.1, -0.05) is 11.6 Å². The van der Waals surface area contributed by atoms with Gasteiger partial charge in [0, 0.05) is 11.8 Å². The Morgan fingerprint density at radius 3 is 2.62 bits per heavy atom. The maximum absolute atomic E-state index is 13.2. The number of nitrogens with one attached hydrogen (secondary N) is 3. The average molecular weight is 506 g/mol. The van der Waals surface area contributed by atoms with E-state index in [1.807, 2.05) is 0 Å². The summed E-state index contributed by atoms with van der Waals surface area (Å²) in [5.41, 5.74) is -0.306. The molecule has 3 aromatic heterocycles. The fraction of sp³-hybridized carbons (Fsp3) is 0.316. The number of alkyl halides is 5. The number of hydrogen-bond donors (Lipinski definition) is 3. The molecule has 0 unspecified atom stereocenters. The van der Waals surface area contributed by atoms with Gasteiger partial charge in [0.15, 0.2) is 16.6 Å². The topological polar surface area (TPSA) is 118 Å². The minimum Gasteiger partial charge on any atom is -0.484 e. The Kier molecular flexibility index (Phi) is 7.49. The highest BCUT2D eigenvalue weighted by Crippen LogP contribution is 2.37. The quantitative estimate of drug-likeness (QED) is 0.321. The van der Waals surface area contributed by atoms with Crippen molar-refractivity contribution in [3.63, 3.8) is 0 Å². The number of ether oxygens (including phenoxy) is 1. The largest absolute Gasteiger partial charge is 0.484 e. The van der Waals surface area contributed by atoms with Crippen LogP contribution in [0.5, 0.6) is 5.75 Å². The van der Waals surface area contributed by atoms with Crippen molar-refractivity contribution in [2.45, 2.75) is 33.0 Å². The lowest BCUT2D eigenvalue weighted by atomic mass is 10.0.